The third kappa shape index (κ3) is 3.18. The van der Waals surface area contributed by atoms with Gasteiger partial charge in [-0.15, -0.1) is 0 Å². The Morgan fingerprint density at radius 3 is 2.60 bits per heavy atom. The van der Waals surface area contributed by atoms with Crippen LogP contribution in [0.15, 0.2) is 24.3 Å². The normalized spacial score (nSPS) is 22.2. The van der Waals surface area contributed by atoms with Gasteiger partial charge in [0, 0.05) is 19.6 Å². The molecular formula is C16H23FN2O. The van der Waals surface area contributed by atoms with Gasteiger partial charge < -0.3 is 10.6 Å². The van der Waals surface area contributed by atoms with E-state index in [0.29, 0.717) is 18.5 Å². The quantitative estimate of drug-likeness (QED) is 0.868. The van der Waals surface area contributed by atoms with Crippen molar-refractivity contribution in [2.24, 2.45) is 5.41 Å². The van der Waals surface area contributed by atoms with Crippen molar-refractivity contribution in [3.05, 3.63) is 35.6 Å². The molecule has 0 heterocycles. The Bertz CT molecular complexity index is 481. The van der Waals surface area contributed by atoms with E-state index in [1.165, 1.54) is 6.07 Å². The minimum absolute atomic E-state index is 0.0370. The molecule has 1 aliphatic carbocycles. The topological polar surface area (TPSA) is 41.1 Å². The molecule has 1 amide bonds. The summed E-state index contributed by atoms with van der Waals surface area (Å²) in [4.78, 5) is 11.7. The number of nitrogens with one attached hydrogen (secondary N) is 2. The average molecular weight is 278 g/mol. The predicted octanol–water partition coefficient (Wildman–Crippen LogP) is 2.43. The number of amides is 1. The molecule has 0 saturated heterocycles. The highest BCUT2D eigenvalue weighted by atomic mass is 19.1. The molecule has 0 unspecified atom stereocenters. The smallest absolute Gasteiger partial charge is 0.226 e. The van der Waals surface area contributed by atoms with E-state index in [1.807, 2.05) is 26.0 Å². The monoisotopic (exact) mass is 278 g/mol. The number of benzene rings is 1. The first-order valence-corrected chi connectivity index (χ1v) is 7.14. The summed E-state index contributed by atoms with van der Waals surface area (Å²) in [5, 5.41) is 6.09. The van der Waals surface area contributed by atoms with Crippen molar-refractivity contribution >= 4 is 5.91 Å². The molecule has 3 nitrogen and oxygen atoms in total. The van der Waals surface area contributed by atoms with Crippen LogP contribution in [-0.4, -0.2) is 25.5 Å². The van der Waals surface area contributed by atoms with Crippen LogP contribution in [0.5, 0.6) is 0 Å². The van der Waals surface area contributed by atoms with Crippen molar-refractivity contribution in [1.29, 1.82) is 0 Å². The van der Waals surface area contributed by atoms with E-state index in [-0.39, 0.29) is 11.7 Å². The summed E-state index contributed by atoms with van der Waals surface area (Å²) in [6, 6.07) is 7.37. The maximum absolute atomic E-state index is 13.6. The predicted molar refractivity (Wildman–Crippen MR) is 78.0 cm³/mol. The molecule has 0 aliphatic heterocycles. The third-order valence-corrected chi connectivity index (χ3v) is 4.16. The molecule has 2 N–H and O–H groups in total. The first-order chi connectivity index (χ1) is 9.44. The van der Waals surface area contributed by atoms with E-state index in [2.05, 4.69) is 10.6 Å². The van der Waals surface area contributed by atoms with Gasteiger partial charge in [-0.25, -0.2) is 4.39 Å². The molecule has 0 aromatic heterocycles. The Kier molecular flexibility index (Phi) is 4.43. The van der Waals surface area contributed by atoms with E-state index in [1.54, 1.807) is 13.1 Å². The lowest BCUT2D eigenvalue weighted by atomic mass is 9.75. The second kappa shape index (κ2) is 5.92. The third-order valence-electron chi connectivity index (χ3n) is 4.16. The lowest BCUT2D eigenvalue weighted by molar-refractivity contribution is -0.128. The number of hydrogen-bond acceptors (Lipinski definition) is 2. The summed E-state index contributed by atoms with van der Waals surface area (Å²) < 4.78 is 13.6. The molecule has 4 heteroatoms. The van der Waals surface area contributed by atoms with Crippen molar-refractivity contribution in [3.8, 4) is 0 Å². The van der Waals surface area contributed by atoms with Gasteiger partial charge in [-0.2, -0.15) is 0 Å². The van der Waals surface area contributed by atoms with Crippen LogP contribution in [0, 0.1) is 11.2 Å². The van der Waals surface area contributed by atoms with E-state index in [4.69, 9.17) is 0 Å². The fourth-order valence-electron chi connectivity index (χ4n) is 2.66. The first-order valence-electron chi connectivity index (χ1n) is 7.14. The number of hydrogen-bond donors (Lipinski definition) is 2. The molecule has 0 radical (unpaired) electrons. The SMILES string of the molecule is CNC(=O)C(C)(C)CNC1CC(c2ccccc2F)C1. The van der Waals surface area contributed by atoms with Crippen LogP contribution in [-0.2, 0) is 4.79 Å². The number of halogens is 1. The molecular weight excluding hydrogens is 255 g/mol. The molecule has 0 bridgehead atoms. The molecule has 20 heavy (non-hydrogen) atoms. The maximum Gasteiger partial charge on any atom is 0.226 e. The Morgan fingerprint density at radius 1 is 1.35 bits per heavy atom. The van der Waals surface area contributed by atoms with Crippen LogP contribution < -0.4 is 10.6 Å². The summed E-state index contributed by atoms with van der Waals surface area (Å²) >= 11 is 0. The molecule has 0 spiro atoms. The zero-order valence-corrected chi connectivity index (χ0v) is 12.4. The number of carbonyl (C=O) groups is 1. The number of carbonyl (C=O) groups excluding carboxylic acids is 1. The van der Waals surface area contributed by atoms with Crippen LogP contribution in [0.25, 0.3) is 0 Å². The van der Waals surface area contributed by atoms with Crippen LogP contribution in [0.4, 0.5) is 4.39 Å². The van der Waals surface area contributed by atoms with Gasteiger partial charge in [0.15, 0.2) is 0 Å². The highest BCUT2D eigenvalue weighted by Crippen LogP contribution is 2.38. The summed E-state index contributed by atoms with van der Waals surface area (Å²) in [5.41, 5.74) is 0.397. The first kappa shape index (κ1) is 15.0. The average Bonchev–Trinajstić information content (AvgIpc) is 2.37. The summed E-state index contributed by atoms with van der Waals surface area (Å²) in [7, 11) is 1.65. The molecule has 1 aromatic carbocycles. The zero-order valence-electron chi connectivity index (χ0n) is 12.4. The van der Waals surface area contributed by atoms with Crippen LogP contribution >= 0.6 is 0 Å². The molecule has 2 rings (SSSR count). The lowest BCUT2D eigenvalue weighted by Crippen LogP contribution is -2.48. The van der Waals surface area contributed by atoms with Crippen molar-refractivity contribution in [1.82, 2.24) is 10.6 Å². The van der Waals surface area contributed by atoms with E-state index >= 15 is 0 Å². The van der Waals surface area contributed by atoms with Gasteiger partial charge in [-0.3, -0.25) is 4.79 Å². The summed E-state index contributed by atoms with van der Waals surface area (Å²) in [6.45, 7) is 4.49. The molecule has 1 saturated carbocycles. The lowest BCUT2D eigenvalue weighted by Gasteiger charge is -2.38. The highest BCUT2D eigenvalue weighted by Gasteiger charge is 2.34. The highest BCUT2D eigenvalue weighted by molar-refractivity contribution is 5.81. The van der Waals surface area contributed by atoms with Gasteiger partial charge in [0.25, 0.3) is 0 Å². The summed E-state index contributed by atoms with van der Waals surface area (Å²) in [6.07, 6.45) is 1.87. The minimum atomic E-state index is -0.419. The fraction of sp³-hybridized carbons (Fsp3) is 0.562. The molecule has 1 aliphatic rings. The Balaban J connectivity index is 1.80. The van der Waals surface area contributed by atoms with Gasteiger partial charge >= 0.3 is 0 Å². The van der Waals surface area contributed by atoms with Crippen molar-refractivity contribution in [2.75, 3.05) is 13.6 Å². The van der Waals surface area contributed by atoms with Crippen LogP contribution in [0.2, 0.25) is 0 Å². The zero-order chi connectivity index (χ0) is 14.8. The molecule has 1 aromatic rings. The van der Waals surface area contributed by atoms with Gasteiger partial charge in [-0.1, -0.05) is 18.2 Å². The Morgan fingerprint density at radius 2 is 2.00 bits per heavy atom. The molecule has 110 valence electrons. The molecule has 0 atom stereocenters. The van der Waals surface area contributed by atoms with Crippen molar-refractivity contribution in [2.45, 2.75) is 38.6 Å². The fourth-order valence-corrected chi connectivity index (χ4v) is 2.66. The van der Waals surface area contributed by atoms with Crippen molar-refractivity contribution in [3.63, 3.8) is 0 Å². The van der Waals surface area contributed by atoms with Gasteiger partial charge in [0.05, 0.1) is 5.41 Å². The standard InChI is InChI=1S/C16H23FN2O/c1-16(2,15(20)18-3)10-19-12-8-11(9-12)13-6-4-5-7-14(13)17/h4-7,11-12,19H,8-10H2,1-3H3,(H,18,20). The largest absolute Gasteiger partial charge is 0.359 e. The minimum Gasteiger partial charge on any atom is -0.359 e. The van der Waals surface area contributed by atoms with Crippen molar-refractivity contribution < 1.29 is 9.18 Å². The van der Waals surface area contributed by atoms with E-state index in [0.717, 1.165) is 18.4 Å². The second-order valence-electron chi connectivity index (χ2n) is 6.23. The Hall–Kier alpha value is -1.42. The van der Waals surface area contributed by atoms with E-state index < -0.39 is 5.41 Å². The van der Waals surface area contributed by atoms with Crippen LogP contribution in [0.3, 0.4) is 0 Å². The van der Waals surface area contributed by atoms with Crippen LogP contribution in [0.1, 0.15) is 38.2 Å². The summed E-state index contributed by atoms with van der Waals surface area (Å²) in [5.74, 6) is 0.230. The number of rotatable bonds is 5. The van der Waals surface area contributed by atoms with Gasteiger partial charge in [0.1, 0.15) is 5.82 Å². The van der Waals surface area contributed by atoms with Gasteiger partial charge in [0.2, 0.25) is 5.91 Å². The maximum atomic E-state index is 13.6. The van der Waals surface area contributed by atoms with E-state index in [9.17, 15) is 9.18 Å². The van der Waals surface area contributed by atoms with Gasteiger partial charge in [-0.05, 0) is 44.2 Å². The molecule has 1 fully saturated rings. The Labute approximate surface area is 120 Å². The second-order valence-corrected chi connectivity index (χ2v) is 6.23.